The maximum absolute atomic E-state index is 14.1. The summed E-state index contributed by atoms with van der Waals surface area (Å²) < 4.78 is 11.8. The zero-order valence-corrected chi connectivity index (χ0v) is 22.4. The molecule has 3 unspecified atom stereocenters. The van der Waals surface area contributed by atoms with E-state index in [1.165, 1.54) is 22.3 Å². The molecule has 0 aliphatic carbocycles. The van der Waals surface area contributed by atoms with E-state index in [0.717, 1.165) is 24.2 Å². The van der Waals surface area contributed by atoms with Gasteiger partial charge in [0.2, 0.25) is 0 Å². The average molecular weight is 499 g/mol. The van der Waals surface area contributed by atoms with E-state index in [2.05, 4.69) is 80.7 Å². The number of carbonyl (C=O) groups is 1. The Morgan fingerprint density at radius 2 is 1.73 bits per heavy atom. The summed E-state index contributed by atoms with van der Waals surface area (Å²) in [6, 6.07) is 25.1. The molecular weight excluding hydrogens is 460 g/mol. The van der Waals surface area contributed by atoms with Gasteiger partial charge in [-0.2, -0.15) is 0 Å². The monoisotopic (exact) mass is 498 g/mol. The second kappa shape index (κ2) is 10.7. The molecule has 0 saturated carbocycles. The van der Waals surface area contributed by atoms with Crippen LogP contribution in [0.25, 0.3) is 0 Å². The minimum absolute atomic E-state index is 0.0229. The molecule has 5 nitrogen and oxygen atoms in total. The molecule has 1 fully saturated rings. The second-order valence-electron chi connectivity index (χ2n) is 11.2. The standard InChI is InChI=1S/C32H38N2O3/c1-32(2,3)26-14-16-28(36-4)25(18-26)20-33-30-17-15-27(22-10-6-5-7-11-22)34(30)31(35)29-19-23-12-8-9-13-24(23)21-37-29/h5-14,16,18,27,29-30,33H,15,17,19-21H2,1-4H3. The molecule has 5 rings (SSSR count). The first-order chi connectivity index (χ1) is 17.8. The van der Waals surface area contributed by atoms with Gasteiger partial charge >= 0.3 is 0 Å². The van der Waals surface area contributed by atoms with Gasteiger partial charge in [0.05, 0.1) is 25.9 Å². The molecule has 3 aromatic rings. The van der Waals surface area contributed by atoms with Crippen LogP contribution in [0.4, 0.5) is 0 Å². The number of benzene rings is 3. The molecule has 37 heavy (non-hydrogen) atoms. The number of carbonyl (C=O) groups excluding carboxylic acids is 1. The first kappa shape index (κ1) is 25.5. The maximum Gasteiger partial charge on any atom is 0.253 e. The highest BCUT2D eigenvalue weighted by atomic mass is 16.5. The van der Waals surface area contributed by atoms with Crippen molar-refractivity contribution in [2.75, 3.05) is 7.11 Å². The van der Waals surface area contributed by atoms with E-state index in [4.69, 9.17) is 9.47 Å². The summed E-state index contributed by atoms with van der Waals surface area (Å²) >= 11 is 0. The van der Waals surface area contributed by atoms with Crippen LogP contribution in [0.2, 0.25) is 0 Å². The summed E-state index contributed by atoms with van der Waals surface area (Å²) in [5.41, 5.74) is 5.96. The fourth-order valence-electron chi connectivity index (χ4n) is 5.60. The maximum atomic E-state index is 14.1. The quantitative estimate of drug-likeness (QED) is 0.459. The zero-order valence-electron chi connectivity index (χ0n) is 22.4. The van der Waals surface area contributed by atoms with Crippen LogP contribution in [0.1, 0.15) is 67.5 Å². The van der Waals surface area contributed by atoms with Crippen molar-refractivity contribution in [1.29, 1.82) is 0 Å². The van der Waals surface area contributed by atoms with Gasteiger partial charge < -0.3 is 14.4 Å². The third kappa shape index (κ3) is 5.43. The van der Waals surface area contributed by atoms with E-state index in [0.29, 0.717) is 19.6 Å². The Morgan fingerprint density at radius 1 is 1.00 bits per heavy atom. The van der Waals surface area contributed by atoms with Crippen molar-refractivity contribution in [2.45, 2.75) is 76.9 Å². The normalized spacial score (nSPS) is 21.5. The van der Waals surface area contributed by atoms with E-state index in [-0.39, 0.29) is 23.5 Å². The Morgan fingerprint density at radius 3 is 2.46 bits per heavy atom. The Balaban J connectivity index is 1.39. The lowest BCUT2D eigenvalue weighted by molar-refractivity contribution is -0.149. The van der Waals surface area contributed by atoms with Gasteiger partial charge in [0.15, 0.2) is 0 Å². The molecule has 2 aliphatic heterocycles. The topological polar surface area (TPSA) is 50.8 Å². The Kier molecular flexibility index (Phi) is 7.36. The minimum atomic E-state index is -0.470. The number of nitrogens with zero attached hydrogens (tertiary/aromatic N) is 1. The van der Waals surface area contributed by atoms with Gasteiger partial charge in [-0.25, -0.2) is 0 Å². The molecule has 0 bridgehead atoms. The lowest BCUT2D eigenvalue weighted by Gasteiger charge is -2.35. The molecule has 5 heteroatoms. The number of hydrogen-bond donors (Lipinski definition) is 1. The summed E-state index contributed by atoms with van der Waals surface area (Å²) in [6.45, 7) is 7.76. The molecule has 0 radical (unpaired) electrons. The van der Waals surface area contributed by atoms with Gasteiger partial charge in [0.25, 0.3) is 5.91 Å². The first-order valence-corrected chi connectivity index (χ1v) is 13.3. The summed E-state index contributed by atoms with van der Waals surface area (Å²) in [5, 5.41) is 3.71. The third-order valence-electron chi connectivity index (χ3n) is 7.74. The highest BCUT2D eigenvalue weighted by molar-refractivity contribution is 5.82. The molecule has 0 aromatic heterocycles. The van der Waals surface area contributed by atoms with E-state index in [1.54, 1.807) is 7.11 Å². The summed E-state index contributed by atoms with van der Waals surface area (Å²) in [4.78, 5) is 16.1. The molecule has 194 valence electrons. The number of hydrogen-bond acceptors (Lipinski definition) is 4. The van der Waals surface area contributed by atoms with Crippen LogP contribution in [0.5, 0.6) is 5.75 Å². The molecule has 1 saturated heterocycles. The molecule has 1 amide bonds. The molecule has 3 atom stereocenters. The van der Waals surface area contributed by atoms with Gasteiger partial charge in [-0.05, 0) is 46.6 Å². The highest BCUT2D eigenvalue weighted by Gasteiger charge is 2.41. The van der Waals surface area contributed by atoms with Crippen LogP contribution in [-0.4, -0.2) is 30.2 Å². The number of rotatable bonds is 6. The van der Waals surface area contributed by atoms with Crippen LogP contribution in [0.3, 0.4) is 0 Å². The highest BCUT2D eigenvalue weighted by Crippen LogP contribution is 2.37. The molecule has 0 spiro atoms. The zero-order chi connectivity index (χ0) is 26.0. The van der Waals surface area contributed by atoms with Crippen molar-refractivity contribution in [1.82, 2.24) is 10.2 Å². The molecular formula is C32H38N2O3. The van der Waals surface area contributed by atoms with Crippen LogP contribution in [0.15, 0.2) is 72.8 Å². The fraction of sp³-hybridized carbons (Fsp3) is 0.406. The number of ether oxygens (including phenoxy) is 2. The van der Waals surface area contributed by atoms with Crippen LogP contribution in [-0.2, 0) is 34.5 Å². The van der Waals surface area contributed by atoms with Crippen LogP contribution >= 0.6 is 0 Å². The largest absolute Gasteiger partial charge is 0.496 e. The van der Waals surface area contributed by atoms with Gasteiger partial charge in [-0.3, -0.25) is 10.1 Å². The summed E-state index contributed by atoms with van der Waals surface area (Å²) in [7, 11) is 1.71. The third-order valence-corrected chi connectivity index (χ3v) is 7.74. The lowest BCUT2D eigenvalue weighted by Crippen LogP contribution is -2.50. The Bertz CT molecular complexity index is 1230. The number of fused-ring (bicyclic) bond motifs is 1. The van der Waals surface area contributed by atoms with Crippen molar-refractivity contribution in [3.05, 3.63) is 101 Å². The van der Waals surface area contributed by atoms with Crippen molar-refractivity contribution in [3.8, 4) is 5.75 Å². The Hall–Kier alpha value is -3.15. The van der Waals surface area contributed by atoms with E-state index < -0.39 is 6.10 Å². The van der Waals surface area contributed by atoms with Crippen molar-refractivity contribution >= 4 is 5.91 Å². The van der Waals surface area contributed by atoms with Crippen molar-refractivity contribution in [2.24, 2.45) is 0 Å². The number of amides is 1. The van der Waals surface area contributed by atoms with E-state index >= 15 is 0 Å². The Labute approximate surface area is 220 Å². The van der Waals surface area contributed by atoms with Crippen LogP contribution < -0.4 is 10.1 Å². The van der Waals surface area contributed by atoms with E-state index in [9.17, 15) is 4.79 Å². The van der Waals surface area contributed by atoms with Gasteiger partial charge in [0, 0.05) is 18.5 Å². The van der Waals surface area contributed by atoms with Gasteiger partial charge in [-0.15, -0.1) is 0 Å². The number of nitrogens with one attached hydrogen (secondary N) is 1. The first-order valence-electron chi connectivity index (χ1n) is 13.3. The lowest BCUT2D eigenvalue weighted by atomic mass is 9.86. The summed E-state index contributed by atoms with van der Waals surface area (Å²) in [5.74, 6) is 0.928. The second-order valence-corrected chi connectivity index (χ2v) is 11.2. The van der Waals surface area contributed by atoms with E-state index in [1.807, 2.05) is 23.1 Å². The minimum Gasteiger partial charge on any atom is -0.496 e. The predicted molar refractivity (Wildman–Crippen MR) is 146 cm³/mol. The van der Waals surface area contributed by atoms with Crippen LogP contribution in [0, 0.1) is 0 Å². The van der Waals surface area contributed by atoms with Gasteiger partial charge in [-0.1, -0.05) is 87.5 Å². The smallest absolute Gasteiger partial charge is 0.253 e. The van der Waals surface area contributed by atoms with Gasteiger partial charge in [0.1, 0.15) is 11.9 Å². The predicted octanol–water partition coefficient (Wildman–Crippen LogP) is 5.91. The average Bonchev–Trinajstić information content (AvgIpc) is 3.35. The number of likely N-dealkylation sites (tertiary alicyclic amines) is 1. The van der Waals surface area contributed by atoms with Crippen molar-refractivity contribution in [3.63, 3.8) is 0 Å². The van der Waals surface area contributed by atoms with Crippen molar-refractivity contribution < 1.29 is 14.3 Å². The fourth-order valence-corrected chi connectivity index (χ4v) is 5.60. The molecule has 2 aliphatic rings. The number of methoxy groups -OCH3 is 1. The molecule has 1 N–H and O–H groups in total. The molecule has 3 aromatic carbocycles. The SMILES string of the molecule is COc1ccc(C(C)(C)C)cc1CNC1CCC(c2ccccc2)N1C(=O)C1Cc2ccccc2CO1. The molecule has 2 heterocycles. The summed E-state index contributed by atoms with van der Waals surface area (Å²) in [6.07, 6.45) is 1.86.